The van der Waals surface area contributed by atoms with Crippen LogP contribution in [0.3, 0.4) is 0 Å². The van der Waals surface area contributed by atoms with Gasteiger partial charge in [-0.3, -0.25) is 4.79 Å². The Morgan fingerprint density at radius 3 is 2.68 bits per heavy atom. The fourth-order valence-corrected chi connectivity index (χ4v) is 3.78. The first-order chi connectivity index (χ1) is 11.9. The van der Waals surface area contributed by atoms with Gasteiger partial charge in [-0.2, -0.15) is 0 Å². The number of ether oxygens (including phenoxy) is 1. The highest BCUT2D eigenvalue weighted by Crippen LogP contribution is 2.29. The fraction of sp³-hybridized carbons (Fsp3) is 0.300. The van der Waals surface area contributed by atoms with E-state index in [4.69, 9.17) is 4.74 Å². The van der Waals surface area contributed by atoms with Crippen molar-refractivity contribution in [1.29, 1.82) is 0 Å². The van der Waals surface area contributed by atoms with Gasteiger partial charge in [0.2, 0.25) is 5.91 Å². The molecule has 2 aromatic carbocycles. The van der Waals surface area contributed by atoms with E-state index >= 15 is 0 Å². The zero-order valence-electron chi connectivity index (χ0n) is 15.0. The molecule has 0 saturated heterocycles. The third-order valence-electron chi connectivity index (χ3n) is 4.01. The van der Waals surface area contributed by atoms with Gasteiger partial charge >= 0.3 is 0 Å². The predicted octanol–water partition coefficient (Wildman–Crippen LogP) is 4.94. The minimum absolute atomic E-state index is 0.0845. The Bertz CT molecular complexity index is 931. The van der Waals surface area contributed by atoms with Crippen molar-refractivity contribution in [3.63, 3.8) is 0 Å². The number of carbonyl (C=O) groups is 1. The zero-order chi connectivity index (χ0) is 18.0. The smallest absolute Gasteiger partial charge is 0.229 e. The van der Waals surface area contributed by atoms with Crippen molar-refractivity contribution in [3.05, 3.63) is 52.6 Å². The van der Waals surface area contributed by atoms with Gasteiger partial charge in [0.25, 0.3) is 0 Å². The van der Waals surface area contributed by atoms with Gasteiger partial charge in [0.1, 0.15) is 5.75 Å². The number of anilines is 1. The summed E-state index contributed by atoms with van der Waals surface area (Å²) in [5, 5.41) is 3.52. The van der Waals surface area contributed by atoms with Gasteiger partial charge in [-0.05, 0) is 62.1 Å². The van der Waals surface area contributed by atoms with Crippen molar-refractivity contribution in [2.24, 2.45) is 0 Å². The molecule has 130 valence electrons. The normalized spacial score (nSPS) is 10.9. The summed E-state index contributed by atoms with van der Waals surface area (Å²) < 4.78 is 6.84. The molecule has 0 aliphatic rings. The molecule has 0 atom stereocenters. The molecule has 0 spiro atoms. The van der Waals surface area contributed by atoms with Crippen molar-refractivity contribution in [2.45, 2.75) is 34.1 Å². The van der Waals surface area contributed by atoms with Gasteiger partial charge < -0.3 is 10.1 Å². The summed E-state index contributed by atoms with van der Waals surface area (Å²) >= 11 is 1.50. The predicted molar refractivity (Wildman–Crippen MR) is 104 cm³/mol. The number of carbonyl (C=O) groups excluding carboxylic acids is 1. The number of nitrogens with one attached hydrogen (secondary N) is 1. The van der Waals surface area contributed by atoms with Gasteiger partial charge in [0.05, 0.1) is 23.2 Å². The Morgan fingerprint density at radius 2 is 1.88 bits per heavy atom. The van der Waals surface area contributed by atoms with Crippen molar-refractivity contribution in [3.8, 4) is 5.75 Å². The van der Waals surface area contributed by atoms with Gasteiger partial charge in [0, 0.05) is 0 Å². The van der Waals surface area contributed by atoms with Crippen molar-refractivity contribution < 1.29 is 9.53 Å². The standard InChI is InChI=1S/C20H22N2O2S/c1-12-5-6-14(3)16(10-12)24-8-7-18(23)21-20-22-19-15(4)9-13(2)11-17(19)25-20/h5-6,9-11H,7-8H2,1-4H3,(H,21,22,23). The zero-order valence-corrected chi connectivity index (χ0v) is 15.8. The van der Waals surface area contributed by atoms with E-state index in [-0.39, 0.29) is 5.91 Å². The lowest BCUT2D eigenvalue weighted by Crippen LogP contribution is -2.15. The average Bonchev–Trinajstić information content (AvgIpc) is 2.93. The molecular weight excluding hydrogens is 332 g/mol. The number of nitrogens with zero attached hydrogens (tertiary/aromatic N) is 1. The molecule has 25 heavy (non-hydrogen) atoms. The molecule has 0 aliphatic heterocycles. The van der Waals surface area contributed by atoms with Crippen LogP contribution in [0.4, 0.5) is 5.13 Å². The minimum Gasteiger partial charge on any atom is -0.493 e. The maximum atomic E-state index is 12.2. The first kappa shape index (κ1) is 17.4. The van der Waals surface area contributed by atoms with Crippen LogP contribution in [0.1, 0.15) is 28.7 Å². The second-order valence-electron chi connectivity index (χ2n) is 6.36. The molecule has 0 radical (unpaired) electrons. The summed E-state index contributed by atoms with van der Waals surface area (Å²) in [6.07, 6.45) is 0.293. The van der Waals surface area contributed by atoms with Crippen LogP contribution in [-0.2, 0) is 4.79 Å². The van der Waals surface area contributed by atoms with Crippen LogP contribution in [0.15, 0.2) is 30.3 Å². The molecule has 4 nitrogen and oxygen atoms in total. The van der Waals surface area contributed by atoms with E-state index in [9.17, 15) is 4.79 Å². The Kier molecular flexibility index (Phi) is 5.04. The summed E-state index contributed by atoms with van der Waals surface area (Å²) in [6, 6.07) is 10.3. The number of aryl methyl sites for hydroxylation is 4. The lowest BCUT2D eigenvalue weighted by molar-refractivity contribution is -0.116. The number of hydrogen-bond donors (Lipinski definition) is 1. The molecular formula is C20H22N2O2S. The first-order valence-corrected chi connectivity index (χ1v) is 9.12. The number of fused-ring (bicyclic) bond motifs is 1. The fourth-order valence-electron chi connectivity index (χ4n) is 2.72. The van der Waals surface area contributed by atoms with Crippen LogP contribution in [0.25, 0.3) is 10.2 Å². The third kappa shape index (κ3) is 4.17. The molecule has 1 heterocycles. The molecule has 0 bridgehead atoms. The van der Waals surface area contributed by atoms with Gasteiger partial charge in [-0.1, -0.05) is 29.5 Å². The highest BCUT2D eigenvalue weighted by molar-refractivity contribution is 7.22. The molecule has 1 amide bonds. The van der Waals surface area contributed by atoms with Crippen LogP contribution in [-0.4, -0.2) is 17.5 Å². The summed E-state index contributed by atoms with van der Waals surface area (Å²) in [4.78, 5) is 16.7. The van der Waals surface area contributed by atoms with E-state index in [1.54, 1.807) is 0 Å². The van der Waals surface area contributed by atoms with Crippen LogP contribution in [0.5, 0.6) is 5.75 Å². The Hall–Kier alpha value is -2.40. The molecule has 0 fully saturated rings. The van der Waals surface area contributed by atoms with Crippen molar-refractivity contribution in [1.82, 2.24) is 4.98 Å². The quantitative estimate of drug-likeness (QED) is 0.706. The average molecular weight is 354 g/mol. The summed E-state index contributed by atoms with van der Waals surface area (Å²) in [5.74, 6) is 0.748. The lowest BCUT2D eigenvalue weighted by Gasteiger charge is -2.09. The summed E-state index contributed by atoms with van der Waals surface area (Å²) in [5.41, 5.74) is 5.50. The Morgan fingerprint density at radius 1 is 1.08 bits per heavy atom. The monoisotopic (exact) mass is 354 g/mol. The number of rotatable bonds is 5. The number of benzene rings is 2. The topological polar surface area (TPSA) is 51.2 Å². The number of hydrogen-bond acceptors (Lipinski definition) is 4. The molecule has 5 heteroatoms. The largest absolute Gasteiger partial charge is 0.493 e. The van der Waals surface area contributed by atoms with Gasteiger partial charge in [0.15, 0.2) is 5.13 Å². The number of aromatic nitrogens is 1. The second kappa shape index (κ2) is 7.23. The van der Waals surface area contributed by atoms with Crippen LogP contribution < -0.4 is 10.1 Å². The second-order valence-corrected chi connectivity index (χ2v) is 7.39. The summed E-state index contributed by atoms with van der Waals surface area (Å²) in [6.45, 7) is 8.48. The minimum atomic E-state index is -0.0845. The first-order valence-electron chi connectivity index (χ1n) is 8.30. The van der Waals surface area contributed by atoms with Crippen molar-refractivity contribution in [2.75, 3.05) is 11.9 Å². The molecule has 0 saturated carbocycles. The Labute approximate surface area is 151 Å². The number of thiazole rings is 1. The molecule has 1 N–H and O–H groups in total. The van der Waals surface area contributed by atoms with E-state index in [1.807, 2.05) is 39.0 Å². The summed E-state index contributed by atoms with van der Waals surface area (Å²) in [7, 11) is 0. The van der Waals surface area contributed by atoms with Gasteiger partial charge in [-0.25, -0.2) is 4.98 Å². The molecule has 0 aliphatic carbocycles. The van der Waals surface area contributed by atoms with Crippen LogP contribution >= 0.6 is 11.3 Å². The third-order valence-corrected chi connectivity index (χ3v) is 4.92. The molecule has 0 unspecified atom stereocenters. The van der Waals surface area contributed by atoms with Crippen molar-refractivity contribution >= 4 is 32.6 Å². The van der Waals surface area contributed by atoms with E-state index in [2.05, 4.69) is 29.4 Å². The maximum absolute atomic E-state index is 12.2. The number of amides is 1. The van der Waals surface area contributed by atoms with Crippen LogP contribution in [0, 0.1) is 27.7 Å². The SMILES string of the molecule is Cc1ccc(C)c(OCCC(=O)Nc2nc3c(C)cc(C)cc3s2)c1. The van der Waals surface area contributed by atoms with E-state index in [0.29, 0.717) is 18.2 Å². The highest BCUT2D eigenvalue weighted by Gasteiger charge is 2.10. The molecule has 3 rings (SSSR count). The molecule has 1 aromatic heterocycles. The molecule has 3 aromatic rings. The van der Waals surface area contributed by atoms with E-state index < -0.39 is 0 Å². The Balaban J connectivity index is 1.59. The maximum Gasteiger partial charge on any atom is 0.229 e. The van der Waals surface area contributed by atoms with E-state index in [0.717, 1.165) is 32.7 Å². The lowest BCUT2D eigenvalue weighted by atomic mass is 10.1. The van der Waals surface area contributed by atoms with E-state index in [1.165, 1.54) is 16.9 Å². The van der Waals surface area contributed by atoms with Crippen LogP contribution in [0.2, 0.25) is 0 Å². The highest BCUT2D eigenvalue weighted by atomic mass is 32.1. The van der Waals surface area contributed by atoms with Gasteiger partial charge in [-0.15, -0.1) is 0 Å².